The average molecular weight is 283 g/mol. The zero-order valence-corrected chi connectivity index (χ0v) is 12.3. The van der Waals surface area contributed by atoms with Crippen molar-refractivity contribution in [2.75, 3.05) is 19.8 Å². The number of rotatable bonds is 5. The second-order valence-electron chi connectivity index (χ2n) is 4.83. The second kappa shape index (κ2) is 6.86. The van der Waals surface area contributed by atoms with E-state index in [0.717, 1.165) is 36.8 Å². The Labute approximate surface area is 117 Å². The van der Waals surface area contributed by atoms with Gasteiger partial charge in [0, 0.05) is 24.4 Å². The normalized spacial score (nSPS) is 20.2. The summed E-state index contributed by atoms with van der Waals surface area (Å²) in [6.07, 6.45) is 1.97. The Hall–Kier alpha value is -1.14. The van der Waals surface area contributed by atoms with E-state index in [0.29, 0.717) is 12.5 Å². The van der Waals surface area contributed by atoms with Crippen molar-refractivity contribution in [1.82, 2.24) is 15.6 Å². The maximum Gasteiger partial charge on any atom is 0.315 e. The second-order valence-corrected chi connectivity index (χ2v) is 5.77. The molecule has 0 spiro atoms. The van der Waals surface area contributed by atoms with Crippen molar-refractivity contribution >= 4 is 17.4 Å². The van der Waals surface area contributed by atoms with Crippen LogP contribution in [0.1, 0.15) is 37.0 Å². The largest absolute Gasteiger partial charge is 0.381 e. The highest BCUT2D eigenvalue weighted by atomic mass is 32.1. The van der Waals surface area contributed by atoms with Crippen LogP contribution in [0.15, 0.2) is 5.38 Å². The van der Waals surface area contributed by atoms with Gasteiger partial charge in [-0.25, -0.2) is 9.78 Å². The molecule has 1 saturated heterocycles. The smallest absolute Gasteiger partial charge is 0.315 e. The van der Waals surface area contributed by atoms with Gasteiger partial charge in [0.05, 0.1) is 23.4 Å². The Bertz CT molecular complexity index is 416. The van der Waals surface area contributed by atoms with Crippen molar-refractivity contribution in [3.8, 4) is 0 Å². The van der Waals surface area contributed by atoms with Gasteiger partial charge >= 0.3 is 6.03 Å². The molecule has 5 nitrogen and oxygen atoms in total. The van der Waals surface area contributed by atoms with Crippen LogP contribution >= 0.6 is 11.3 Å². The lowest BCUT2D eigenvalue weighted by atomic mass is 10.1. The first kappa shape index (κ1) is 14.3. The predicted octanol–water partition coefficient (Wildman–Crippen LogP) is 2.10. The van der Waals surface area contributed by atoms with Crippen molar-refractivity contribution in [3.05, 3.63) is 16.1 Å². The number of aromatic nitrogens is 1. The number of ether oxygens (including phenoxy) is 1. The molecule has 2 N–H and O–H groups in total. The highest BCUT2D eigenvalue weighted by Crippen LogP contribution is 2.16. The van der Waals surface area contributed by atoms with Crippen LogP contribution in [0.2, 0.25) is 0 Å². The fourth-order valence-electron chi connectivity index (χ4n) is 1.99. The summed E-state index contributed by atoms with van der Waals surface area (Å²) in [5.74, 6) is 0.451. The molecule has 0 aromatic carbocycles. The van der Waals surface area contributed by atoms with E-state index >= 15 is 0 Å². The molecule has 1 aliphatic heterocycles. The standard InChI is InChI=1S/C13H21N3O2S/c1-3-12-16-11(8-19-12)9(2)15-13(17)14-6-10-4-5-18-7-10/h8-10H,3-7H2,1-2H3,(H2,14,15,17)/t9-,10+/m1/s1. The molecule has 1 aliphatic rings. The first-order valence-corrected chi connectivity index (χ1v) is 7.63. The molecule has 1 aromatic rings. The fourth-order valence-corrected chi connectivity index (χ4v) is 2.83. The van der Waals surface area contributed by atoms with E-state index in [1.165, 1.54) is 0 Å². The van der Waals surface area contributed by atoms with Crippen molar-refractivity contribution in [3.63, 3.8) is 0 Å². The number of nitrogens with zero attached hydrogens (tertiary/aromatic N) is 1. The van der Waals surface area contributed by atoms with E-state index in [1.807, 2.05) is 12.3 Å². The monoisotopic (exact) mass is 283 g/mol. The van der Waals surface area contributed by atoms with Gasteiger partial charge in [-0.1, -0.05) is 6.92 Å². The average Bonchev–Trinajstić information content (AvgIpc) is 3.07. The lowest BCUT2D eigenvalue weighted by Gasteiger charge is -2.14. The summed E-state index contributed by atoms with van der Waals surface area (Å²) < 4.78 is 5.27. The first-order valence-electron chi connectivity index (χ1n) is 6.75. The van der Waals surface area contributed by atoms with E-state index in [2.05, 4.69) is 22.5 Å². The van der Waals surface area contributed by atoms with Gasteiger partial charge in [-0.2, -0.15) is 0 Å². The SMILES string of the molecule is CCc1nc([C@@H](C)NC(=O)NC[C@@H]2CCOC2)cs1. The molecule has 106 valence electrons. The molecule has 0 unspecified atom stereocenters. The van der Waals surface area contributed by atoms with E-state index in [4.69, 9.17) is 4.74 Å². The number of aryl methyl sites for hydroxylation is 1. The van der Waals surface area contributed by atoms with E-state index in [9.17, 15) is 4.79 Å². The molecule has 0 radical (unpaired) electrons. The molecule has 6 heteroatoms. The Morgan fingerprint density at radius 1 is 1.68 bits per heavy atom. The van der Waals surface area contributed by atoms with Crippen LogP contribution in [0.25, 0.3) is 0 Å². The summed E-state index contributed by atoms with van der Waals surface area (Å²) in [6, 6.07) is -0.193. The summed E-state index contributed by atoms with van der Waals surface area (Å²) in [5.41, 5.74) is 0.932. The molecule has 0 saturated carbocycles. The highest BCUT2D eigenvalue weighted by molar-refractivity contribution is 7.09. The maximum atomic E-state index is 11.8. The zero-order valence-electron chi connectivity index (χ0n) is 11.4. The topological polar surface area (TPSA) is 63.2 Å². The van der Waals surface area contributed by atoms with Crippen LogP contribution < -0.4 is 10.6 Å². The number of urea groups is 1. The van der Waals surface area contributed by atoms with Gasteiger partial charge in [0.2, 0.25) is 0 Å². The van der Waals surface area contributed by atoms with Gasteiger partial charge in [0.1, 0.15) is 0 Å². The molecule has 2 heterocycles. The summed E-state index contributed by atoms with van der Waals surface area (Å²) >= 11 is 1.64. The number of carbonyl (C=O) groups excluding carboxylic acids is 1. The molecule has 2 rings (SSSR count). The minimum absolute atomic E-state index is 0.0589. The minimum atomic E-state index is -0.134. The molecule has 1 aromatic heterocycles. The molecular weight excluding hydrogens is 262 g/mol. The van der Waals surface area contributed by atoms with E-state index < -0.39 is 0 Å². The third kappa shape index (κ3) is 4.18. The fraction of sp³-hybridized carbons (Fsp3) is 0.692. The molecule has 2 amide bonds. The van der Waals surface area contributed by atoms with E-state index in [1.54, 1.807) is 11.3 Å². The van der Waals surface area contributed by atoms with Crippen molar-refractivity contribution < 1.29 is 9.53 Å². The number of carbonyl (C=O) groups is 1. The summed E-state index contributed by atoms with van der Waals surface area (Å²) in [6.45, 7) is 6.27. The summed E-state index contributed by atoms with van der Waals surface area (Å²) in [5, 5.41) is 8.91. The number of hydrogen-bond acceptors (Lipinski definition) is 4. The Kier molecular flexibility index (Phi) is 5.15. The third-order valence-electron chi connectivity index (χ3n) is 3.24. The van der Waals surface area contributed by atoms with Gasteiger partial charge in [-0.3, -0.25) is 0 Å². The van der Waals surface area contributed by atoms with Crippen LogP contribution in [0, 0.1) is 5.92 Å². The first-order chi connectivity index (χ1) is 9.19. The van der Waals surface area contributed by atoms with Gasteiger partial charge in [-0.15, -0.1) is 11.3 Å². The Morgan fingerprint density at radius 2 is 2.53 bits per heavy atom. The van der Waals surface area contributed by atoms with E-state index in [-0.39, 0.29) is 12.1 Å². The molecule has 0 bridgehead atoms. The van der Waals surface area contributed by atoms with Crippen LogP contribution in [0.3, 0.4) is 0 Å². The van der Waals surface area contributed by atoms with Crippen LogP contribution in [0.4, 0.5) is 4.79 Å². The minimum Gasteiger partial charge on any atom is -0.381 e. The molecule has 2 atom stereocenters. The van der Waals surface area contributed by atoms with Gasteiger partial charge in [-0.05, 0) is 19.8 Å². The summed E-state index contributed by atoms with van der Waals surface area (Å²) in [7, 11) is 0. The Balaban J connectivity index is 1.74. The van der Waals surface area contributed by atoms with Gasteiger partial charge in [0.25, 0.3) is 0 Å². The number of amides is 2. The highest BCUT2D eigenvalue weighted by Gasteiger charge is 2.17. The summed E-state index contributed by atoms with van der Waals surface area (Å²) in [4.78, 5) is 16.2. The maximum absolute atomic E-state index is 11.8. The van der Waals surface area contributed by atoms with Crippen molar-refractivity contribution in [1.29, 1.82) is 0 Å². The van der Waals surface area contributed by atoms with Crippen LogP contribution in [-0.2, 0) is 11.2 Å². The van der Waals surface area contributed by atoms with Crippen LogP contribution in [0.5, 0.6) is 0 Å². The van der Waals surface area contributed by atoms with Gasteiger partial charge in [0.15, 0.2) is 0 Å². The lowest BCUT2D eigenvalue weighted by Crippen LogP contribution is -2.39. The number of nitrogens with one attached hydrogen (secondary N) is 2. The number of hydrogen-bond donors (Lipinski definition) is 2. The molecular formula is C13H21N3O2S. The lowest BCUT2D eigenvalue weighted by molar-refractivity contribution is 0.185. The molecule has 0 aliphatic carbocycles. The zero-order chi connectivity index (χ0) is 13.7. The van der Waals surface area contributed by atoms with Crippen molar-refractivity contribution in [2.24, 2.45) is 5.92 Å². The van der Waals surface area contributed by atoms with Gasteiger partial charge < -0.3 is 15.4 Å². The van der Waals surface area contributed by atoms with Crippen LogP contribution in [-0.4, -0.2) is 30.8 Å². The predicted molar refractivity (Wildman–Crippen MR) is 75.4 cm³/mol. The quantitative estimate of drug-likeness (QED) is 0.870. The third-order valence-corrected chi connectivity index (χ3v) is 4.25. The molecule has 1 fully saturated rings. The van der Waals surface area contributed by atoms with Crippen molar-refractivity contribution in [2.45, 2.75) is 32.7 Å². The number of thiazole rings is 1. The molecule has 19 heavy (non-hydrogen) atoms. The Morgan fingerprint density at radius 3 is 3.16 bits per heavy atom.